The number of hydrogen-bond acceptors (Lipinski definition) is 11. The normalized spacial score (nSPS) is 13.1. The van der Waals surface area contributed by atoms with E-state index in [1.54, 1.807) is 36.5 Å². The van der Waals surface area contributed by atoms with Crippen molar-refractivity contribution in [2.75, 3.05) is 30.4 Å². The van der Waals surface area contributed by atoms with Crippen molar-refractivity contribution >= 4 is 51.9 Å². The second kappa shape index (κ2) is 18.3. The summed E-state index contributed by atoms with van der Waals surface area (Å²) < 4.78 is 35.1. The molecule has 0 unspecified atom stereocenters. The number of fused-ring (bicyclic) bond motifs is 3. The predicted molar refractivity (Wildman–Crippen MR) is 237 cm³/mol. The second-order valence-corrected chi connectivity index (χ2v) is 15.8. The molecule has 1 fully saturated rings. The van der Waals surface area contributed by atoms with E-state index in [1.165, 1.54) is 22.7 Å². The zero-order chi connectivity index (χ0) is 45.7. The molecular formula is C46H43F2N11O6. The molecule has 4 aromatic heterocycles. The Bertz CT molecular complexity index is 2930. The number of alkyl carbamates (subject to hydrolysis) is 1. The molecule has 0 bridgehead atoms. The number of nitrogens with one attached hydrogen (secondary N) is 5. The Balaban J connectivity index is 0.872. The minimum absolute atomic E-state index is 0.0755. The maximum atomic E-state index is 14.0. The first-order chi connectivity index (χ1) is 31.3. The smallest absolute Gasteiger partial charge is 0.408 e. The topological polar surface area (TPSA) is 231 Å². The van der Waals surface area contributed by atoms with Gasteiger partial charge in [-0.1, -0.05) is 66.7 Å². The van der Waals surface area contributed by atoms with Crippen LogP contribution < -0.4 is 32.9 Å². The van der Waals surface area contributed by atoms with Crippen molar-refractivity contribution in [3.05, 3.63) is 143 Å². The number of ether oxygens (including phenoxy) is 1. The Morgan fingerprint density at radius 1 is 0.954 bits per heavy atom. The summed E-state index contributed by atoms with van der Waals surface area (Å²) in [6.07, 6.45) is 4.60. The van der Waals surface area contributed by atoms with Gasteiger partial charge < -0.3 is 31.0 Å². The third kappa shape index (κ3) is 9.94. The molecule has 19 heteroatoms. The van der Waals surface area contributed by atoms with Gasteiger partial charge in [-0.3, -0.25) is 14.4 Å². The fourth-order valence-corrected chi connectivity index (χ4v) is 7.62. The van der Waals surface area contributed by atoms with Crippen LogP contribution in [0.4, 0.5) is 25.1 Å². The van der Waals surface area contributed by atoms with Gasteiger partial charge in [0, 0.05) is 41.5 Å². The Hall–Kier alpha value is -8.06. The minimum atomic E-state index is -3.32. The number of anilines is 2. The van der Waals surface area contributed by atoms with Crippen LogP contribution in [-0.4, -0.2) is 78.8 Å². The number of nitrogens with two attached hydrogens (primary N) is 1. The van der Waals surface area contributed by atoms with E-state index in [9.17, 15) is 32.8 Å². The van der Waals surface area contributed by atoms with E-state index in [1.807, 2.05) is 60.7 Å². The van der Waals surface area contributed by atoms with Crippen LogP contribution in [0.3, 0.4) is 0 Å². The van der Waals surface area contributed by atoms with Gasteiger partial charge in [-0.05, 0) is 72.4 Å². The number of benzene rings is 3. The molecule has 0 saturated heterocycles. The summed E-state index contributed by atoms with van der Waals surface area (Å²) in [6, 6.07) is 30.8. The number of hydrogen-bond donors (Lipinski definition) is 6. The van der Waals surface area contributed by atoms with E-state index in [2.05, 4.69) is 36.6 Å². The maximum Gasteiger partial charge on any atom is 0.408 e. The number of halogens is 2. The van der Waals surface area contributed by atoms with Crippen LogP contribution in [-0.2, 0) is 26.5 Å². The average Bonchev–Trinajstić information content (AvgIpc) is 3.68. The van der Waals surface area contributed by atoms with E-state index in [0.29, 0.717) is 52.9 Å². The lowest BCUT2D eigenvalue weighted by molar-refractivity contribution is -0.138. The highest BCUT2D eigenvalue weighted by atomic mass is 19.3. The molecule has 1 aliphatic rings. The summed E-state index contributed by atoms with van der Waals surface area (Å²) in [7, 11) is 0. The van der Waals surface area contributed by atoms with Crippen LogP contribution >= 0.6 is 0 Å². The summed E-state index contributed by atoms with van der Waals surface area (Å²) in [4.78, 5) is 73.4. The number of alkyl halides is 2. The standard InChI is InChI=1S/C46H43F2N11O6/c1-45(47,48)27-58(39(61)24-51-42(62)31-12-17-37(55-49)50-23-31)25-38(60)52-33-15-8-28(9-16-33)26-65-44(64)54-46(19-5-20-46)32-13-10-30(11-14-32)40-34(29-6-3-2-4-7-29)22-35-36(53-40)18-21-59-41(35)56-57-43(59)63/h2-4,6-18,21-23H,5,19-20,24-27,49H2,1H3,(H,50,55)(H,51,62)(H,52,60)(H,54,64)(H,57,63). The summed E-state index contributed by atoms with van der Waals surface area (Å²) in [6.45, 7) is -1.86. The number of carbonyl (C=O) groups excluding carboxylic acids is 4. The van der Waals surface area contributed by atoms with Gasteiger partial charge in [-0.15, -0.1) is 0 Å². The summed E-state index contributed by atoms with van der Waals surface area (Å²) in [5.41, 5.74) is 7.89. The number of H-pyrrole nitrogens is 1. The third-order valence-corrected chi connectivity index (χ3v) is 11.1. The average molecular weight is 884 g/mol. The molecule has 0 spiro atoms. The molecule has 0 atom stereocenters. The molecule has 17 nitrogen and oxygen atoms in total. The molecule has 332 valence electrons. The zero-order valence-corrected chi connectivity index (χ0v) is 34.9. The maximum absolute atomic E-state index is 14.0. The fraction of sp³-hybridized carbons (Fsp3) is 0.217. The Kier molecular flexibility index (Phi) is 12.3. The van der Waals surface area contributed by atoms with Crippen molar-refractivity contribution < 1.29 is 32.7 Å². The molecule has 1 saturated carbocycles. The van der Waals surface area contributed by atoms with Gasteiger partial charge in [0.25, 0.3) is 11.8 Å². The highest BCUT2D eigenvalue weighted by molar-refractivity contribution is 5.99. The largest absolute Gasteiger partial charge is 0.445 e. The van der Waals surface area contributed by atoms with Gasteiger partial charge in [0.15, 0.2) is 5.65 Å². The van der Waals surface area contributed by atoms with Crippen LogP contribution in [0.5, 0.6) is 0 Å². The molecule has 8 rings (SSSR count). The van der Waals surface area contributed by atoms with E-state index in [-0.39, 0.29) is 17.9 Å². The van der Waals surface area contributed by atoms with Crippen molar-refractivity contribution in [3.8, 4) is 22.4 Å². The molecule has 1 aliphatic carbocycles. The first-order valence-electron chi connectivity index (χ1n) is 20.5. The monoisotopic (exact) mass is 883 g/mol. The molecule has 4 amide bonds. The number of aromatic amines is 1. The number of nitrogens with zero attached hydrogens (tertiary/aromatic N) is 5. The van der Waals surface area contributed by atoms with Gasteiger partial charge in [0.2, 0.25) is 11.8 Å². The van der Waals surface area contributed by atoms with Crippen molar-refractivity contribution in [1.82, 2.24) is 40.1 Å². The van der Waals surface area contributed by atoms with Gasteiger partial charge in [0.05, 0.1) is 35.4 Å². The van der Waals surface area contributed by atoms with Crippen LogP contribution in [0.2, 0.25) is 0 Å². The number of rotatable bonds is 15. The number of hydrazine groups is 1. The van der Waals surface area contributed by atoms with Crippen molar-refractivity contribution in [1.29, 1.82) is 0 Å². The Labute approximate surface area is 369 Å². The first-order valence-corrected chi connectivity index (χ1v) is 20.5. The predicted octanol–water partition coefficient (Wildman–Crippen LogP) is 5.74. The number of nitrogen functional groups attached to an aromatic ring is 1. The van der Waals surface area contributed by atoms with Crippen LogP contribution in [0.25, 0.3) is 38.9 Å². The fourth-order valence-electron chi connectivity index (χ4n) is 7.62. The third-order valence-electron chi connectivity index (χ3n) is 11.1. The Morgan fingerprint density at radius 2 is 1.71 bits per heavy atom. The van der Waals surface area contributed by atoms with Crippen molar-refractivity contribution in [2.45, 2.75) is 44.3 Å². The number of aromatic nitrogens is 5. The Morgan fingerprint density at radius 3 is 2.37 bits per heavy atom. The zero-order valence-electron chi connectivity index (χ0n) is 34.9. The highest BCUT2D eigenvalue weighted by Gasteiger charge is 2.40. The molecule has 0 aliphatic heterocycles. The molecule has 7 N–H and O–H groups in total. The second-order valence-electron chi connectivity index (χ2n) is 15.8. The minimum Gasteiger partial charge on any atom is -0.445 e. The molecule has 7 aromatic rings. The van der Waals surface area contributed by atoms with E-state index >= 15 is 0 Å². The number of amides is 4. The summed E-state index contributed by atoms with van der Waals surface area (Å²) in [5.74, 6) is -0.0637. The van der Waals surface area contributed by atoms with Crippen LogP contribution in [0, 0.1) is 0 Å². The van der Waals surface area contributed by atoms with Crippen LogP contribution in [0.1, 0.15) is 47.7 Å². The number of pyridine rings is 3. The molecular weight excluding hydrogens is 841 g/mol. The van der Waals surface area contributed by atoms with Gasteiger partial charge in [0.1, 0.15) is 19.0 Å². The number of carbonyl (C=O) groups is 4. The van der Waals surface area contributed by atoms with Crippen LogP contribution in [0.15, 0.2) is 120 Å². The van der Waals surface area contributed by atoms with Gasteiger partial charge in [-0.25, -0.2) is 43.7 Å². The lowest BCUT2D eigenvalue weighted by Crippen LogP contribution is -2.50. The highest BCUT2D eigenvalue weighted by Crippen LogP contribution is 2.42. The van der Waals surface area contributed by atoms with Crippen molar-refractivity contribution in [2.24, 2.45) is 5.84 Å². The molecule has 65 heavy (non-hydrogen) atoms. The summed E-state index contributed by atoms with van der Waals surface area (Å²) in [5, 5.41) is 15.5. The quantitative estimate of drug-likeness (QED) is 0.0537. The van der Waals surface area contributed by atoms with E-state index in [0.717, 1.165) is 39.8 Å². The van der Waals surface area contributed by atoms with Crippen molar-refractivity contribution in [3.63, 3.8) is 0 Å². The summed E-state index contributed by atoms with van der Waals surface area (Å²) >= 11 is 0. The lowest BCUT2D eigenvalue weighted by atomic mass is 9.71. The molecule has 4 heterocycles. The van der Waals surface area contributed by atoms with Gasteiger partial charge >= 0.3 is 11.8 Å². The first kappa shape index (κ1) is 43.6. The SMILES string of the molecule is CC(F)(F)CN(CC(=O)Nc1ccc(COC(=O)NC2(c3ccc(-c4nc5ccn6c(=O)[nH]nc6c5cc4-c4ccccc4)cc3)CCC2)cc1)C(=O)CNC(=O)c1ccc(NN)nc1. The molecule has 3 aromatic carbocycles. The molecule has 0 radical (unpaired) electrons. The van der Waals surface area contributed by atoms with Gasteiger partial charge in [-0.2, -0.15) is 5.10 Å². The lowest BCUT2D eigenvalue weighted by Gasteiger charge is -2.42. The van der Waals surface area contributed by atoms with E-state index in [4.69, 9.17) is 15.6 Å². The van der Waals surface area contributed by atoms with E-state index < -0.39 is 54.9 Å².